The van der Waals surface area contributed by atoms with Gasteiger partial charge in [0.05, 0.1) is 0 Å². The maximum atomic E-state index is 5.86. The minimum absolute atomic E-state index is 0.818. The van der Waals surface area contributed by atoms with Gasteiger partial charge in [-0.1, -0.05) is 22.0 Å². The standard InChI is InChI=1S/C16H16BrNS/c17-14-6-11(7-15(18)9-14)10-19-16-5-4-12-2-1-3-13(12)8-16/h4-9H,1-3,10,18H2. The van der Waals surface area contributed by atoms with Crippen LogP contribution in [0.5, 0.6) is 0 Å². The van der Waals surface area contributed by atoms with Crippen molar-refractivity contribution in [2.75, 3.05) is 5.73 Å². The van der Waals surface area contributed by atoms with E-state index in [1.165, 1.54) is 35.3 Å². The summed E-state index contributed by atoms with van der Waals surface area (Å²) in [5.74, 6) is 0.961. The monoisotopic (exact) mass is 333 g/mol. The number of rotatable bonds is 3. The summed E-state index contributed by atoms with van der Waals surface area (Å²) in [6.45, 7) is 0. The third-order valence-electron chi connectivity index (χ3n) is 3.46. The van der Waals surface area contributed by atoms with Crippen LogP contribution in [0.4, 0.5) is 5.69 Å². The number of nitrogen functional groups attached to an aromatic ring is 1. The summed E-state index contributed by atoms with van der Waals surface area (Å²) in [5, 5.41) is 0. The van der Waals surface area contributed by atoms with Crippen molar-refractivity contribution >= 4 is 33.4 Å². The molecule has 0 spiro atoms. The van der Waals surface area contributed by atoms with Gasteiger partial charge in [0.2, 0.25) is 0 Å². The Balaban J connectivity index is 1.72. The van der Waals surface area contributed by atoms with E-state index in [0.29, 0.717) is 0 Å². The number of thioether (sulfide) groups is 1. The second kappa shape index (κ2) is 5.59. The van der Waals surface area contributed by atoms with Crippen LogP contribution in [0, 0.1) is 0 Å². The normalized spacial score (nSPS) is 13.5. The fourth-order valence-corrected chi connectivity index (χ4v) is 4.01. The maximum Gasteiger partial charge on any atom is 0.0328 e. The third-order valence-corrected chi connectivity index (χ3v) is 4.98. The molecule has 1 aliphatic rings. The fraction of sp³-hybridized carbons (Fsp3) is 0.250. The van der Waals surface area contributed by atoms with Crippen LogP contribution in [-0.2, 0) is 18.6 Å². The molecule has 0 saturated carbocycles. The predicted octanol–water partition coefficient (Wildman–Crippen LogP) is 4.81. The minimum Gasteiger partial charge on any atom is -0.399 e. The van der Waals surface area contributed by atoms with Gasteiger partial charge in [-0.05, 0) is 66.3 Å². The first kappa shape index (κ1) is 13.1. The van der Waals surface area contributed by atoms with E-state index in [9.17, 15) is 0 Å². The lowest BCUT2D eigenvalue weighted by Gasteiger charge is -2.06. The Labute approximate surface area is 126 Å². The molecule has 0 atom stereocenters. The Kier molecular flexibility index (Phi) is 3.85. The first-order chi connectivity index (χ1) is 9.20. The summed E-state index contributed by atoms with van der Waals surface area (Å²) in [5.41, 5.74) is 11.0. The molecule has 19 heavy (non-hydrogen) atoms. The molecule has 0 heterocycles. The molecule has 0 bridgehead atoms. The second-order valence-electron chi connectivity index (χ2n) is 4.97. The lowest BCUT2D eigenvalue weighted by Crippen LogP contribution is -1.89. The lowest BCUT2D eigenvalue weighted by atomic mass is 10.1. The summed E-state index contributed by atoms with van der Waals surface area (Å²) >= 11 is 5.37. The largest absolute Gasteiger partial charge is 0.399 e. The van der Waals surface area contributed by atoms with E-state index in [1.54, 1.807) is 5.56 Å². The van der Waals surface area contributed by atoms with E-state index in [-0.39, 0.29) is 0 Å². The van der Waals surface area contributed by atoms with Gasteiger partial charge in [0.25, 0.3) is 0 Å². The predicted molar refractivity (Wildman–Crippen MR) is 86.6 cm³/mol. The SMILES string of the molecule is Nc1cc(Br)cc(CSc2ccc3c(c2)CCC3)c1. The Morgan fingerprint density at radius 2 is 1.89 bits per heavy atom. The molecule has 98 valence electrons. The van der Waals surface area contributed by atoms with Gasteiger partial charge in [-0.2, -0.15) is 0 Å². The van der Waals surface area contributed by atoms with Crippen LogP contribution in [0.1, 0.15) is 23.1 Å². The fourth-order valence-electron chi connectivity index (χ4n) is 2.56. The van der Waals surface area contributed by atoms with Gasteiger partial charge in [-0.3, -0.25) is 0 Å². The van der Waals surface area contributed by atoms with Crippen molar-refractivity contribution in [2.45, 2.75) is 29.9 Å². The Hall–Kier alpha value is -0.930. The highest BCUT2D eigenvalue weighted by Gasteiger charge is 2.10. The first-order valence-electron chi connectivity index (χ1n) is 6.50. The lowest BCUT2D eigenvalue weighted by molar-refractivity contribution is 0.911. The van der Waals surface area contributed by atoms with Gasteiger partial charge in [-0.25, -0.2) is 0 Å². The van der Waals surface area contributed by atoms with E-state index in [1.807, 2.05) is 23.9 Å². The molecule has 2 N–H and O–H groups in total. The molecule has 0 fully saturated rings. The number of anilines is 1. The van der Waals surface area contributed by atoms with Crippen molar-refractivity contribution in [3.8, 4) is 0 Å². The summed E-state index contributed by atoms with van der Waals surface area (Å²) in [4.78, 5) is 1.36. The Bertz CT molecular complexity index is 589. The molecule has 3 rings (SSSR count). The van der Waals surface area contributed by atoms with Crippen molar-refractivity contribution < 1.29 is 0 Å². The molecule has 1 aliphatic carbocycles. The van der Waals surface area contributed by atoms with Crippen LogP contribution in [0.15, 0.2) is 45.8 Å². The third kappa shape index (κ3) is 3.15. The number of hydrogen-bond donors (Lipinski definition) is 1. The number of benzene rings is 2. The van der Waals surface area contributed by atoms with Gasteiger partial charge in [0.15, 0.2) is 0 Å². The van der Waals surface area contributed by atoms with E-state index >= 15 is 0 Å². The molecular weight excluding hydrogens is 318 g/mol. The molecule has 2 aromatic carbocycles. The van der Waals surface area contributed by atoms with Crippen molar-refractivity contribution in [1.82, 2.24) is 0 Å². The molecule has 0 radical (unpaired) electrons. The van der Waals surface area contributed by atoms with Crippen LogP contribution in [-0.4, -0.2) is 0 Å². The van der Waals surface area contributed by atoms with Gasteiger partial charge in [-0.15, -0.1) is 11.8 Å². The molecule has 3 heteroatoms. The number of hydrogen-bond acceptors (Lipinski definition) is 2. The number of nitrogens with two attached hydrogens (primary N) is 1. The van der Waals surface area contributed by atoms with Crippen molar-refractivity contribution in [1.29, 1.82) is 0 Å². The minimum atomic E-state index is 0.818. The highest BCUT2D eigenvalue weighted by molar-refractivity contribution is 9.10. The number of halogens is 1. The molecule has 2 aromatic rings. The molecule has 0 unspecified atom stereocenters. The molecule has 0 aliphatic heterocycles. The van der Waals surface area contributed by atoms with Gasteiger partial charge < -0.3 is 5.73 Å². The molecule has 0 amide bonds. The van der Waals surface area contributed by atoms with Crippen molar-refractivity contribution in [2.24, 2.45) is 0 Å². The van der Waals surface area contributed by atoms with Crippen LogP contribution in [0.2, 0.25) is 0 Å². The first-order valence-corrected chi connectivity index (χ1v) is 8.28. The zero-order chi connectivity index (χ0) is 13.2. The average Bonchev–Trinajstić information content (AvgIpc) is 2.82. The molecule has 0 aromatic heterocycles. The van der Waals surface area contributed by atoms with Crippen LogP contribution in [0.3, 0.4) is 0 Å². The van der Waals surface area contributed by atoms with Crippen molar-refractivity contribution in [3.05, 3.63) is 57.6 Å². The van der Waals surface area contributed by atoms with E-state index < -0.39 is 0 Å². The van der Waals surface area contributed by atoms with E-state index in [4.69, 9.17) is 5.73 Å². The topological polar surface area (TPSA) is 26.0 Å². The maximum absolute atomic E-state index is 5.86. The zero-order valence-corrected chi connectivity index (χ0v) is 13.1. The summed E-state index contributed by atoms with van der Waals surface area (Å²) in [6, 6.07) is 13.0. The number of aryl methyl sites for hydroxylation is 2. The van der Waals surface area contributed by atoms with Crippen molar-refractivity contribution in [3.63, 3.8) is 0 Å². The van der Waals surface area contributed by atoms with Gasteiger partial charge in [0, 0.05) is 20.8 Å². The van der Waals surface area contributed by atoms with Gasteiger partial charge >= 0.3 is 0 Å². The highest BCUT2D eigenvalue weighted by Crippen LogP contribution is 2.30. The molecule has 0 saturated heterocycles. The average molecular weight is 334 g/mol. The summed E-state index contributed by atoms with van der Waals surface area (Å²) < 4.78 is 1.05. The summed E-state index contributed by atoms with van der Waals surface area (Å²) in [7, 11) is 0. The van der Waals surface area contributed by atoms with Crippen LogP contribution < -0.4 is 5.73 Å². The van der Waals surface area contributed by atoms with E-state index in [2.05, 4.69) is 40.2 Å². The Morgan fingerprint density at radius 1 is 1.05 bits per heavy atom. The quantitative estimate of drug-likeness (QED) is 0.644. The number of fused-ring (bicyclic) bond motifs is 1. The van der Waals surface area contributed by atoms with Crippen LogP contribution in [0.25, 0.3) is 0 Å². The summed E-state index contributed by atoms with van der Waals surface area (Å²) in [6.07, 6.45) is 3.81. The highest BCUT2D eigenvalue weighted by atomic mass is 79.9. The second-order valence-corrected chi connectivity index (χ2v) is 6.93. The molecule has 1 nitrogen and oxygen atoms in total. The van der Waals surface area contributed by atoms with E-state index in [0.717, 1.165) is 15.9 Å². The molecular formula is C16H16BrNS. The smallest absolute Gasteiger partial charge is 0.0328 e. The van der Waals surface area contributed by atoms with Gasteiger partial charge in [0.1, 0.15) is 0 Å². The Morgan fingerprint density at radius 3 is 2.74 bits per heavy atom. The van der Waals surface area contributed by atoms with Crippen LogP contribution >= 0.6 is 27.7 Å². The zero-order valence-electron chi connectivity index (χ0n) is 10.7.